The Morgan fingerprint density at radius 2 is 2.33 bits per heavy atom. The van der Waals surface area contributed by atoms with Gasteiger partial charge in [-0.1, -0.05) is 5.92 Å². The number of hydrogen-bond acceptors (Lipinski definition) is 6. The summed E-state index contributed by atoms with van der Waals surface area (Å²) >= 11 is 0. The topological polar surface area (TPSA) is 99.6 Å². The molecule has 9 heteroatoms. The van der Waals surface area contributed by atoms with Crippen LogP contribution in [-0.2, 0) is 18.3 Å². The highest BCUT2D eigenvalue weighted by Gasteiger charge is 2.57. The van der Waals surface area contributed by atoms with Crippen LogP contribution >= 0.6 is 8.25 Å². The van der Waals surface area contributed by atoms with Gasteiger partial charge < -0.3 is 13.8 Å². The molecular formula is C12H13N2O6P. The molecule has 0 aromatic carbocycles. The van der Waals surface area contributed by atoms with Crippen LogP contribution < -0.4 is 11.2 Å². The summed E-state index contributed by atoms with van der Waals surface area (Å²) in [5, 5.41) is 0. The Morgan fingerprint density at radius 3 is 3.00 bits per heavy atom. The van der Waals surface area contributed by atoms with Gasteiger partial charge in [-0.2, -0.15) is 0 Å². The molecule has 2 fully saturated rings. The van der Waals surface area contributed by atoms with Gasteiger partial charge in [0.15, 0.2) is 6.23 Å². The number of aromatic nitrogens is 2. The van der Waals surface area contributed by atoms with Crippen molar-refractivity contribution in [3.63, 3.8) is 0 Å². The van der Waals surface area contributed by atoms with E-state index in [1.165, 1.54) is 16.8 Å². The average molecular weight is 312 g/mol. The third-order valence-corrected chi connectivity index (χ3v) is 4.60. The van der Waals surface area contributed by atoms with Gasteiger partial charge in [-0.05, 0) is 6.92 Å². The lowest BCUT2D eigenvalue weighted by Crippen LogP contribution is -2.42. The molecule has 0 amide bonds. The fourth-order valence-electron chi connectivity index (χ4n) is 2.64. The zero-order valence-electron chi connectivity index (χ0n) is 11.1. The number of fused-ring (bicyclic) bond motifs is 1. The maximum absolute atomic E-state index is 11.9. The summed E-state index contributed by atoms with van der Waals surface area (Å²) in [4.78, 5) is 25.2. The Hall–Kier alpha value is -1.65. The number of aromatic amines is 1. The molecule has 1 aromatic heterocycles. The average Bonchev–Trinajstić information content (AvgIpc) is 2.73. The van der Waals surface area contributed by atoms with E-state index in [0.29, 0.717) is 0 Å². The van der Waals surface area contributed by atoms with E-state index < -0.39 is 43.4 Å². The van der Waals surface area contributed by atoms with Crippen LogP contribution in [0.4, 0.5) is 0 Å². The van der Waals surface area contributed by atoms with E-state index in [0.717, 1.165) is 0 Å². The van der Waals surface area contributed by atoms with Crippen LogP contribution in [0.1, 0.15) is 13.2 Å². The van der Waals surface area contributed by atoms with Gasteiger partial charge in [0.05, 0.1) is 6.61 Å². The Bertz CT molecular complexity index is 749. The fourth-order valence-corrected chi connectivity index (χ4v) is 3.61. The third-order valence-electron chi connectivity index (χ3n) is 3.75. The molecule has 0 spiro atoms. The molecule has 2 saturated heterocycles. The summed E-state index contributed by atoms with van der Waals surface area (Å²) in [7, 11) is -2.62. The molecule has 2 aliphatic heterocycles. The maximum atomic E-state index is 11.9. The van der Waals surface area contributed by atoms with Crippen molar-refractivity contribution in [1.82, 2.24) is 9.55 Å². The van der Waals surface area contributed by atoms with Crippen molar-refractivity contribution in [2.24, 2.45) is 5.41 Å². The van der Waals surface area contributed by atoms with E-state index in [4.69, 9.17) is 20.2 Å². The first-order valence-corrected chi connectivity index (χ1v) is 7.46. The molecule has 3 heterocycles. The van der Waals surface area contributed by atoms with Gasteiger partial charge in [-0.25, -0.2) is 4.79 Å². The van der Waals surface area contributed by atoms with Crippen molar-refractivity contribution in [2.75, 3.05) is 6.61 Å². The van der Waals surface area contributed by atoms with E-state index in [9.17, 15) is 14.2 Å². The Kier molecular flexibility index (Phi) is 3.38. The maximum Gasteiger partial charge on any atom is 0.330 e. The highest BCUT2D eigenvalue weighted by atomic mass is 31.1. The molecule has 112 valence electrons. The monoisotopic (exact) mass is 312 g/mol. The van der Waals surface area contributed by atoms with Crippen molar-refractivity contribution < 1.29 is 18.3 Å². The molecule has 0 radical (unpaired) electrons. The highest BCUT2D eigenvalue weighted by Crippen LogP contribution is 2.51. The van der Waals surface area contributed by atoms with Crippen LogP contribution in [-0.4, -0.2) is 28.4 Å². The Morgan fingerprint density at radius 1 is 1.57 bits per heavy atom. The normalized spacial score (nSPS) is 38.7. The number of nitrogens with zero attached hydrogens (tertiary/aromatic N) is 1. The van der Waals surface area contributed by atoms with Crippen molar-refractivity contribution in [1.29, 1.82) is 0 Å². The van der Waals surface area contributed by atoms with Gasteiger partial charge in [-0.15, -0.1) is 6.42 Å². The lowest BCUT2D eigenvalue weighted by Gasteiger charge is -2.32. The summed E-state index contributed by atoms with van der Waals surface area (Å²) in [5.41, 5.74) is -2.17. The molecule has 0 bridgehead atoms. The van der Waals surface area contributed by atoms with Gasteiger partial charge in [0.2, 0.25) is 0 Å². The molecule has 3 rings (SSSR count). The van der Waals surface area contributed by atoms with E-state index in [2.05, 4.69) is 10.9 Å². The molecular weight excluding hydrogens is 299 g/mol. The first-order chi connectivity index (χ1) is 9.95. The van der Waals surface area contributed by atoms with E-state index in [1.807, 2.05) is 0 Å². The van der Waals surface area contributed by atoms with E-state index in [-0.39, 0.29) is 6.61 Å². The van der Waals surface area contributed by atoms with Crippen molar-refractivity contribution in [3.8, 4) is 12.3 Å². The predicted molar refractivity (Wildman–Crippen MR) is 72.0 cm³/mol. The third kappa shape index (κ3) is 2.19. The second kappa shape index (κ2) is 4.97. The molecule has 1 N–H and O–H groups in total. The summed E-state index contributed by atoms with van der Waals surface area (Å²) in [5.74, 6) is 2.57. The smallest absolute Gasteiger partial charge is 0.330 e. The highest BCUT2D eigenvalue weighted by molar-refractivity contribution is 7.33. The SMILES string of the molecule is C#C[C@]1(C)[C@@H]2O[PH](=O)OC[C@H]2O[C@H]1n1ccc(=O)[nH]c1=O. The first-order valence-electron chi connectivity index (χ1n) is 6.24. The Labute approximate surface area is 120 Å². The van der Waals surface area contributed by atoms with Crippen LogP contribution in [0, 0.1) is 17.8 Å². The van der Waals surface area contributed by atoms with Gasteiger partial charge in [0.1, 0.15) is 17.6 Å². The van der Waals surface area contributed by atoms with Crippen molar-refractivity contribution in [2.45, 2.75) is 25.4 Å². The van der Waals surface area contributed by atoms with Crippen molar-refractivity contribution in [3.05, 3.63) is 33.1 Å². The minimum Gasteiger partial charge on any atom is -0.348 e. The predicted octanol–water partition coefficient (Wildman–Crippen LogP) is -0.121. The van der Waals surface area contributed by atoms with Gasteiger partial charge in [0.25, 0.3) is 5.56 Å². The summed E-state index contributed by atoms with van der Waals surface area (Å²) in [6.07, 6.45) is 4.88. The summed E-state index contributed by atoms with van der Waals surface area (Å²) in [6.45, 7) is 1.76. The Balaban J connectivity index is 2.07. The van der Waals surface area contributed by atoms with E-state index >= 15 is 0 Å². The largest absolute Gasteiger partial charge is 0.348 e. The zero-order chi connectivity index (χ0) is 15.2. The standard InChI is InChI=1S/C12H13N2O6P/c1-3-12(2)9-7(6-18-21(17)20-9)19-10(12)14-5-4-8(15)13-11(14)16/h1,4-5,7,9-10,21H,6H2,2H3,(H,13,15,16)/t7-,9-,10-,12-/m1/s1. The number of nitrogens with one attached hydrogen (secondary N) is 1. The molecule has 1 unspecified atom stereocenters. The summed E-state index contributed by atoms with van der Waals surface area (Å²) < 4.78 is 28.7. The summed E-state index contributed by atoms with van der Waals surface area (Å²) in [6, 6.07) is 1.20. The molecule has 0 saturated carbocycles. The quantitative estimate of drug-likeness (QED) is 0.573. The van der Waals surface area contributed by atoms with Crippen LogP contribution in [0.15, 0.2) is 21.9 Å². The lowest BCUT2D eigenvalue weighted by molar-refractivity contribution is -0.0565. The number of terminal acetylenes is 1. The molecule has 5 atom stereocenters. The van der Waals surface area contributed by atoms with Crippen molar-refractivity contribution >= 4 is 8.25 Å². The van der Waals surface area contributed by atoms with Crippen LogP contribution in [0.5, 0.6) is 0 Å². The number of ether oxygens (including phenoxy) is 1. The lowest BCUT2D eigenvalue weighted by atomic mass is 9.83. The van der Waals surface area contributed by atoms with Crippen LogP contribution in [0.3, 0.4) is 0 Å². The zero-order valence-corrected chi connectivity index (χ0v) is 12.1. The first kappa shape index (κ1) is 14.3. The van der Waals surface area contributed by atoms with Crippen LogP contribution in [0.2, 0.25) is 0 Å². The van der Waals surface area contributed by atoms with Crippen LogP contribution in [0.25, 0.3) is 0 Å². The second-order valence-corrected chi connectivity index (χ2v) is 6.10. The van der Waals surface area contributed by atoms with Gasteiger partial charge in [0, 0.05) is 12.3 Å². The van der Waals surface area contributed by atoms with Gasteiger partial charge in [-0.3, -0.25) is 18.9 Å². The number of rotatable bonds is 1. The molecule has 1 aromatic rings. The second-order valence-electron chi connectivity index (χ2n) is 5.07. The van der Waals surface area contributed by atoms with Gasteiger partial charge >= 0.3 is 13.9 Å². The fraction of sp³-hybridized carbons (Fsp3) is 0.500. The number of H-pyrrole nitrogens is 1. The molecule has 2 aliphatic rings. The minimum atomic E-state index is -2.62. The molecule has 21 heavy (non-hydrogen) atoms. The van der Waals surface area contributed by atoms with E-state index in [1.54, 1.807) is 6.92 Å². The molecule has 8 nitrogen and oxygen atoms in total. The molecule has 0 aliphatic carbocycles. The minimum absolute atomic E-state index is 0.0777. The number of hydrogen-bond donors (Lipinski definition) is 1.